The summed E-state index contributed by atoms with van der Waals surface area (Å²) in [6.07, 6.45) is 7.35. The molecule has 0 aromatic heterocycles. The van der Waals surface area contributed by atoms with Crippen LogP contribution >= 0.6 is 0 Å². The Bertz CT molecular complexity index is 1030. The third-order valence-electron chi connectivity index (χ3n) is 9.34. The summed E-state index contributed by atoms with van der Waals surface area (Å²) in [5.74, 6) is -2.47. The van der Waals surface area contributed by atoms with Crippen molar-refractivity contribution in [3.63, 3.8) is 0 Å². The molecule has 43 heavy (non-hydrogen) atoms. The first kappa shape index (κ1) is 30.7. The second-order valence-electron chi connectivity index (χ2n) is 12.5. The highest BCUT2D eigenvalue weighted by molar-refractivity contribution is 5.68. The van der Waals surface area contributed by atoms with E-state index >= 15 is 0 Å². The molecule has 2 heterocycles. The number of carboxylic acid groups (broad SMARTS) is 1. The normalized spacial score (nSPS) is 32.3. The Morgan fingerprint density at radius 2 is 1.30 bits per heavy atom. The first-order chi connectivity index (χ1) is 21.0. The van der Waals surface area contributed by atoms with Gasteiger partial charge in [-0.3, -0.25) is 0 Å². The standard InChI is InChI=1S/C32H45NO10/c34-23(35)21-38-25-28-26(40-31(42-28)14-6-2-7-15-31)24(27-29(25)43-32(41-27)16-8-3-9-17-32)37-19-11-10-18-33-30(36)39-20-22-12-4-1-5-13-22/h1,4-5,12-13,24-29H,2-3,6-11,14-21H2,(H,33,36)(H,34,35). The zero-order valence-corrected chi connectivity index (χ0v) is 24.8. The summed E-state index contributed by atoms with van der Waals surface area (Å²) in [5, 5.41) is 12.2. The lowest BCUT2D eigenvalue weighted by atomic mass is 9.84. The fourth-order valence-electron chi connectivity index (χ4n) is 7.32. The van der Waals surface area contributed by atoms with Crippen molar-refractivity contribution in [3.8, 4) is 0 Å². The van der Waals surface area contributed by atoms with Gasteiger partial charge >= 0.3 is 12.1 Å². The summed E-state index contributed by atoms with van der Waals surface area (Å²) in [6, 6.07) is 9.56. The van der Waals surface area contributed by atoms with Crippen LogP contribution < -0.4 is 5.32 Å². The fraction of sp³-hybridized carbons (Fsp3) is 0.750. The number of rotatable bonds is 11. The molecular weight excluding hydrogens is 558 g/mol. The molecule has 11 nitrogen and oxygen atoms in total. The Labute approximate surface area is 252 Å². The highest BCUT2D eigenvalue weighted by atomic mass is 16.8. The van der Waals surface area contributed by atoms with Crippen molar-refractivity contribution in [2.75, 3.05) is 19.8 Å². The molecule has 2 N–H and O–H groups in total. The summed E-state index contributed by atoms with van der Waals surface area (Å²) in [7, 11) is 0. The number of carboxylic acids is 1. The van der Waals surface area contributed by atoms with E-state index in [-0.39, 0.29) is 6.61 Å². The Morgan fingerprint density at radius 3 is 1.84 bits per heavy atom. The van der Waals surface area contributed by atoms with E-state index in [4.69, 9.17) is 33.2 Å². The number of ether oxygens (including phenoxy) is 7. The molecule has 5 fully saturated rings. The SMILES string of the molecule is O=C(O)COC1C2OC3(CCCCC3)OC2C(OCCCCNC(=O)OCc2ccccc2)C2OC3(CCCCC3)OC12. The van der Waals surface area contributed by atoms with Crippen LogP contribution in [0.1, 0.15) is 82.6 Å². The average molecular weight is 604 g/mol. The zero-order valence-electron chi connectivity index (χ0n) is 24.8. The van der Waals surface area contributed by atoms with Crippen LogP contribution in [0, 0.1) is 0 Å². The van der Waals surface area contributed by atoms with Crippen LogP contribution in [0.25, 0.3) is 0 Å². The number of carbonyl (C=O) groups is 2. The van der Waals surface area contributed by atoms with E-state index in [2.05, 4.69) is 5.32 Å². The van der Waals surface area contributed by atoms with Crippen LogP contribution in [-0.2, 0) is 44.6 Å². The van der Waals surface area contributed by atoms with Crippen molar-refractivity contribution in [3.05, 3.63) is 35.9 Å². The van der Waals surface area contributed by atoms with Crippen molar-refractivity contribution in [1.82, 2.24) is 5.32 Å². The van der Waals surface area contributed by atoms with Gasteiger partial charge in [0.2, 0.25) is 0 Å². The number of nitrogens with one attached hydrogen (secondary N) is 1. The lowest BCUT2D eigenvalue weighted by Crippen LogP contribution is -2.63. The van der Waals surface area contributed by atoms with E-state index in [9.17, 15) is 14.7 Å². The predicted molar refractivity (Wildman–Crippen MR) is 152 cm³/mol. The molecular formula is C32H45NO10. The Kier molecular flexibility index (Phi) is 9.85. The third kappa shape index (κ3) is 7.18. The van der Waals surface area contributed by atoms with Gasteiger partial charge in [-0.25, -0.2) is 9.59 Å². The number of carbonyl (C=O) groups excluding carboxylic acids is 1. The number of alkyl carbamates (subject to hydrolysis) is 1. The van der Waals surface area contributed by atoms with E-state index in [1.165, 1.54) is 0 Å². The molecule has 238 valence electrons. The van der Waals surface area contributed by atoms with Crippen LogP contribution in [0.2, 0.25) is 0 Å². The predicted octanol–water partition coefficient (Wildman–Crippen LogP) is 4.45. The number of hydrogen-bond acceptors (Lipinski definition) is 9. The molecule has 1 aromatic carbocycles. The van der Waals surface area contributed by atoms with Crippen LogP contribution in [0.4, 0.5) is 4.79 Å². The number of fused-ring (bicyclic) bond motifs is 2. The molecule has 0 bridgehead atoms. The van der Waals surface area contributed by atoms with Gasteiger partial charge in [-0.05, 0) is 44.1 Å². The number of amides is 1. The second kappa shape index (κ2) is 13.8. The zero-order chi connectivity index (χ0) is 29.7. The maximum Gasteiger partial charge on any atom is 0.407 e. The van der Waals surface area contributed by atoms with E-state index < -0.39 is 66.9 Å². The van der Waals surface area contributed by atoms with Crippen molar-refractivity contribution in [2.45, 2.75) is 132 Å². The molecule has 4 atom stereocenters. The highest BCUT2D eigenvalue weighted by Gasteiger charge is 2.66. The van der Waals surface area contributed by atoms with Crippen LogP contribution in [-0.4, -0.2) is 85.1 Å². The molecule has 3 saturated carbocycles. The van der Waals surface area contributed by atoms with Crippen LogP contribution in [0.5, 0.6) is 0 Å². The van der Waals surface area contributed by atoms with Gasteiger partial charge in [-0.15, -0.1) is 0 Å². The van der Waals surface area contributed by atoms with E-state index in [1.807, 2.05) is 30.3 Å². The lowest BCUT2D eigenvalue weighted by molar-refractivity contribution is -0.228. The molecule has 2 spiro atoms. The Hall–Kier alpha value is -2.28. The first-order valence-corrected chi connectivity index (χ1v) is 16.1. The largest absolute Gasteiger partial charge is 0.480 e. The van der Waals surface area contributed by atoms with E-state index in [0.29, 0.717) is 26.0 Å². The van der Waals surface area contributed by atoms with Crippen molar-refractivity contribution >= 4 is 12.1 Å². The molecule has 2 aliphatic heterocycles. The maximum absolute atomic E-state index is 12.1. The van der Waals surface area contributed by atoms with Gasteiger partial charge in [0.15, 0.2) is 11.6 Å². The minimum atomic E-state index is -1.04. The monoisotopic (exact) mass is 603 g/mol. The molecule has 6 rings (SSSR count). The summed E-state index contributed by atoms with van der Waals surface area (Å²) in [5.41, 5.74) is 0.937. The van der Waals surface area contributed by atoms with Crippen LogP contribution in [0.15, 0.2) is 30.3 Å². The molecule has 0 radical (unpaired) electrons. The van der Waals surface area contributed by atoms with E-state index in [1.54, 1.807) is 0 Å². The molecule has 5 aliphatic rings. The van der Waals surface area contributed by atoms with Crippen LogP contribution in [0.3, 0.4) is 0 Å². The minimum Gasteiger partial charge on any atom is -0.480 e. The molecule has 2 saturated heterocycles. The number of benzene rings is 1. The maximum atomic E-state index is 12.1. The van der Waals surface area contributed by atoms with Crippen molar-refractivity contribution in [2.24, 2.45) is 0 Å². The molecule has 1 aromatic rings. The summed E-state index contributed by atoms with van der Waals surface area (Å²) in [4.78, 5) is 23.6. The minimum absolute atomic E-state index is 0.229. The number of aliphatic carboxylic acids is 1. The van der Waals surface area contributed by atoms with E-state index in [0.717, 1.165) is 69.8 Å². The molecule has 11 heteroatoms. The summed E-state index contributed by atoms with van der Waals surface area (Å²) < 4.78 is 44.6. The van der Waals surface area contributed by atoms with Crippen molar-refractivity contribution in [1.29, 1.82) is 0 Å². The van der Waals surface area contributed by atoms with Crippen molar-refractivity contribution < 1.29 is 47.9 Å². The van der Waals surface area contributed by atoms with Gasteiger partial charge in [-0.2, -0.15) is 0 Å². The van der Waals surface area contributed by atoms with Gasteiger partial charge in [0.05, 0.1) is 0 Å². The number of unbranched alkanes of at least 4 members (excludes halogenated alkanes) is 1. The lowest BCUT2D eigenvalue weighted by Gasteiger charge is -2.42. The number of hydrogen-bond donors (Lipinski definition) is 2. The summed E-state index contributed by atoms with van der Waals surface area (Å²) >= 11 is 0. The quantitative estimate of drug-likeness (QED) is 0.350. The molecule has 4 unspecified atom stereocenters. The average Bonchev–Trinajstić information content (AvgIpc) is 3.56. The fourth-order valence-corrected chi connectivity index (χ4v) is 7.32. The Morgan fingerprint density at radius 1 is 0.767 bits per heavy atom. The van der Waals surface area contributed by atoms with Gasteiger partial charge in [0.25, 0.3) is 0 Å². The molecule has 3 aliphatic carbocycles. The van der Waals surface area contributed by atoms with Gasteiger partial charge in [0.1, 0.15) is 49.8 Å². The third-order valence-corrected chi connectivity index (χ3v) is 9.34. The first-order valence-electron chi connectivity index (χ1n) is 16.1. The van der Waals surface area contributed by atoms with Gasteiger partial charge < -0.3 is 43.6 Å². The van der Waals surface area contributed by atoms with Gasteiger partial charge in [0, 0.05) is 38.8 Å². The highest BCUT2D eigenvalue weighted by Crippen LogP contribution is 2.52. The van der Waals surface area contributed by atoms with Gasteiger partial charge in [-0.1, -0.05) is 43.2 Å². The Balaban J connectivity index is 1.08. The summed E-state index contributed by atoms with van der Waals surface area (Å²) in [6.45, 7) is 0.685. The smallest absolute Gasteiger partial charge is 0.407 e. The topological polar surface area (TPSA) is 131 Å². The second-order valence-corrected chi connectivity index (χ2v) is 12.5. The molecule has 1 amide bonds.